The molecule has 0 aliphatic carbocycles. The first-order chi connectivity index (χ1) is 12.5. The largest absolute Gasteiger partial charge is 0.490 e. The van der Waals surface area contributed by atoms with Gasteiger partial charge in [0.15, 0.2) is 0 Å². The van der Waals surface area contributed by atoms with Gasteiger partial charge in [-0.2, -0.15) is 0 Å². The van der Waals surface area contributed by atoms with Gasteiger partial charge in [-0.05, 0) is 24.3 Å². The van der Waals surface area contributed by atoms with E-state index in [0.29, 0.717) is 16.6 Å². The summed E-state index contributed by atoms with van der Waals surface area (Å²) >= 11 is 5.77. The minimum atomic E-state index is -0.828. The van der Waals surface area contributed by atoms with Gasteiger partial charge >= 0.3 is 0 Å². The van der Waals surface area contributed by atoms with Gasteiger partial charge in [-0.1, -0.05) is 11.6 Å². The molecule has 0 saturated heterocycles. The van der Waals surface area contributed by atoms with Gasteiger partial charge in [-0.15, -0.1) is 0 Å². The van der Waals surface area contributed by atoms with Gasteiger partial charge in [0.1, 0.15) is 30.7 Å². The second-order valence-corrected chi connectivity index (χ2v) is 5.55. The molecule has 0 spiro atoms. The molecule has 0 aliphatic rings. The summed E-state index contributed by atoms with van der Waals surface area (Å²) in [5, 5.41) is 3.37. The smallest absolute Gasteiger partial charge is 0.286 e. The lowest BCUT2D eigenvalue weighted by Crippen LogP contribution is -2.16. The Bertz CT molecular complexity index is 984. The molecule has 3 rings (SSSR count). The number of carbonyl (C=O) groups excluding carboxylic acids is 1. The Labute approximate surface area is 152 Å². The molecule has 0 unspecified atom stereocenters. The van der Waals surface area contributed by atoms with Gasteiger partial charge in [0, 0.05) is 23.2 Å². The zero-order valence-corrected chi connectivity index (χ0v) is 14.0. The topological polar surface area (TPSA) is 90.1 Å². The number of halogens is 3. The number of ether oxygens (including phenoxy) is 1. The van der Waals surface area contributed by atoms with Crippen molar-refractivity contribution in [2.24, 2.45) is 5.73 Å². The van der Waals surface area contributed by atoms with Crippen molar-refractivity contribution in [2.45, 2.75) is 0 Å². The summed E-state index contributed by atoms with van der Waals surface area (Å²) in [6.07, 6.45) is 0. The lowest BCUT2D eigenvalue weighted by molar-refractivity contribution is 0.0991. The fourth-order valence-electron chi connectivity index (χ4n) is 2.20. The van der Waals surface area contributed by atoms with Crippen LogP contribution in [-0.2, 0) is 0 Å². The Morgan fingerprint density at radius 2 is 2.15 bits per heavy atom. The summed E-state index contributed by atoms with van der Waals surface area (Å²) in [6.45, 7) is -0.782. The van der Waals surface area contributed by atoms with E-state index >= 15 is 0 Å². The third-order valence-corrected chi connectivity index (χ3v) is 3.63. The molecule has 1 amide bonds. The predicted molar refractivity (Wildman–Crippen MR) is 93.1 cm³/mol. The van der Waals surface area contributed by atoms with Gasteiger partial charge < -0.3 is 15.8 Å². The van der Waals surface area contributed by atoms with Crippen molar-refractivity contribution in [3.63, 3.8) is 0 Å². The van der Waals surface area contributed by atoms with E-state index in [-0.39, 0.29) is 29.0 Å². The van der Waals surface area contributed by atoms with E-state index in [0.717, 1.165) is 0 Å². The van der Waals surface area contributed by atoms with Crippen molar-refractivity contribution in [3.8, 4) is 5.75 Å². The second-order valence-electron chi connectivity index (χ2n) is 5.15. The van der Waals surface area contributed by atoms with Gasteiger partial charge in [-0.3, -0.25) is 4.79 Å². The van der Waals surface area contributed by atoms with Crippen LogP contribution in [-0.4, -0.2) is 29.2 Å². The van der Waals surface area contributed by atoms with E-state index in [2.05, 4.69) is 21.4 Å². The van der Waals surface area contributed by atoms with Crippen molar-refractivity contribution in [3.05, 3.63) is 53.1 Å². The summed E-state index contributed by atoms with van der Waals surface area (Å²) < 4.78 is 30.7. The van der Waals surface area contributed by atoms with Crippen LogP contribution in [0.4, 0.5) is 20.3 Å². The van der Waals surface area contributed by atoms with E-state index in [1.807, 2.05) is 0 Å². The molecule has 3 aromatic rings. The quantitative estimate of drug-likeness (QED) is 0.687. The summed E-state index contributed by atoms with van der Waals surface area (Å²) in [7, 11) is 0. The summed E-state index contributed by atoms with van der Waals surface area (Å²) in [5.41, 5.74) is 6.07. The van der Waals surface area contributed by atoms with Crippen LogP contribution < -0.4 is 15.8 Å². The van der Waals surface area contributed by atoms with E-state index in [9.17, 15) is 13.6 Å². The molecule has 1 heterocycles. The highest BCUT2D eigenvalue weighted by molar-refractivity contribution is 6.31. The molecular weight excluding hydrogens is 366 g/mol. The Kier molecular flexibility index (Phi) is 5.13. The molecule has 1 radical (unpaired) electrons. The molecule has 3 N–H and O–H groups in total. The summed E-state index contributed by atoms with van der Waals surface area (Å²) in [4.78, 5) is 19.7. The first-order valence-electron chi connectivity index (χ1n) is 7.42. The van der Waals surface area contributed by atoms with Crippen LogP contribution in [0.1, 0.15) is 10.6 Å². The van der Waals surface area contributed by atoms with Gasteiger partial charge in [0.25, 0.3) is 5.91 Å². The van der Waals surface area contributed by atoms with Crippen molar-refractivity contribution in [1.82, 2.24) is 9.97 Å². The number of benzene rings is 2. The molecule has 0 aliphatic heterocycles. The summed E-state index contributed by atoms with van der Waals surface area (Å²) in [6, 6.07) is 9.87. The molecule has 1 aromatic heterocycles. The fourth-order valence-corrected chi connectivity index (χ4v) is 2.38. The molecule has 26 heavy (non-hydrogen) atoms. The van der Waals surface area contributed by atoms with Crippen LogP contribution >= 0.6 is 11.6 Å². The van der Waals surface area contributed by atoms with Crippen LogP contribution in [0.3, 0.4) is 0 Å². The fraction of sp³-hybridized carbons (Fsp3) is 0.118. The summed E-state index contributed by atoms with van der Waals surface area (Å²) in [5.74, 6) is -1.10. The first kappa shape index (κ1) is 17.8. The number of amides is 1. The second kappa shape index (κ2) is 7.49. The molecule has 6 nitrogen and oxygen atoms in total. The number of hydrogen-bond acceptors (Lipinski definition) is 5. The molecule has 0 saturated carbocycles. The van der Waals surface area contributed by atoms with Crippen LogP contribution in [0.25, 0.3) is 10.9 Å². The molecule has 0 fully saturated rings. The van der Waals surface area contributed by atoms with E-state index in [4.69, 9.17) is 22.1 Å². The van der Waals surface area contributed by atoms with Gasteiger partial charge in [0.2, 0.25) is 5.82 Å². The molecule has 133 valence electrons. The van der Waals surface area contributed by atoms with Crippen molar-refractivity contribution in [1.29, 1.82) is 0 Å². The third-order valence-electron chi connectivity index (χ3n) is 3.34. The average Bonchev–Trinajstić information content (AvgIpc) is 2.62. The first-order valence-corrected chi connectivity index (χ1v) is 7.80. The highest BCUT2D eigenvalue weighted by Crippen LogP contribution is 2.28. The van der Waals surface area contributed by atoms with Gasteiger partial charge in [0.05, 0.1) is 10.5 Å². The Morgan fingerprint density at radius 3 is 2.85 bits per heavy atom. The maximum absolute atomic E-state index is 13.3. The molecular formula is C17H12ClF2N4O2. The van der Waals surface area contributed by atoms with Crippen LogP contribution in [0.15, 0.2) is 30.3 Å². The standard InChI is InChI=1S/C17H12ClF2N4O2/c18-12-7-9(1-4-13(12)20)22-16-11-3-2-10(26-6-5-19)8-14(11)23-17(24-16)15(21)25/h1,3-4,7-8H,5-6H2,(H2,21,25)(H,22,23,24). The average molecular weight is 378 g/mol. The monoisotopic (exact) mass is 377 g/mol. The number of carbonyl (C=O) groups is 1. The number of nitrogens with two attached hydrogens (primary N) is 1. The predicted octanol–water partition coefficient (Wildman–Crippen LogP) is 3.41. The Hall–Kier alpha value is -3.00. The SMILES string of the molecule is NC(=O)c1nc(Nc2ccc(F)c(Cl)c2)c2c[c]c(OCCF)cc2n1. The van der Waals surface area contributed by atoms with Crippen molar-refractivity contribution >= 4 is 39.9 Å². The molecule has 0 bridgehead atoms. The number of aromatic nitrogens is 2. The number of anilines is 2. The number of nitrogens with zero attached hydrogens (tertiary/aromatic N) is 2. The zero-order chi connectivity index (χ0) is 18.7. The van der Waals surface area contributed by atoms with Crippen LogP contribution in [0.2, 0.25) is 5.02 Å². The van der Waals surface area contributed by atoms with E-state index < -0.39 is 18.4 Å². The van der Waals surface area contributed by atoms with E-state index in [1.54, 1.807) is 0 Å². The lowest BCUT2D eigenvalue weighted by Gasteiger charge is -2.11. The maximum Gasteiger partial charge on any atom is 0.286 e. The number of primary amides is 1. The van der Waals surface area contributed by atoms with Gasteiger partial charge in [-0.25, -0.2) is 18.7 Å². The minimum Gasteiger partial charge on any atom is -0.490 e. The molecule has 0 atom stereocenters. The maximum atomic E-state index is 13.3. The molecule has 9 heteroatoms. The highest BCUT2D eigenvalue weighted by Gasteiger charge is 2.13. The molecule has 2 aromatic carbocycles. The number of nitrogens with one attached hydrogen (secondary N) is 1. The number of fused-ring (bicyclic) bond motifs is 1. The third kappa shape index (κ3) is 3.80. The Morgan fingerprint density at radius 1 is 1.35 bits per heavy atom. The van der Waals surface area contributed by atoms with E-state index in [1.165, 1.54) is 30.3 Å². The van der Waals surface area contributed by atoms with Crippen LogP contribution in [0, 0.1) is 11.9 Å². The minimum absolute atomic E-state index is 0.0723. The number of alkyl halides is 1. The van der Waals surface area contributed by atoms with Crippen LogP contribution in [0.5, 0.6) is 5.75 Å². The number of rotatable bonds is 6. The lowest BCUT2D eigenvalue weighted by atomic mass is 10.2. The Balaban J connectivity index is 2.06. The zero-order valence-electron chi connectivity index (χ0n) is 13.2. The van der Waals surface area contributed by atoms with Crippen molar-refractivity contribution in [2.75, 3.05) is 18.6 Å². The normalized spacial score (nSPS) is 10.7. The highest BCUT2D eigenvalue weighted by atomic mass is 35.5. The number of hydrogen-bond donors (Lipinski definition) is 2. The van der Waals surface area contributed by atoms with Crippen molar-refractivity contribution < 1.29 is 18.3 Å².